The number of carbonyl (C=O) groups excluding carboxylic acids is 1. The Morgan fingerprint density at radius 3 is 2.67 bits per heavy atom. The van der Waals surface area contributed by atoms with E-state index in [-0.39, 0.29) is 18.0 Å². The summed E-state index contributed by atoms with van der Waals surface area (Å²) in [5.41, 5.74) is -1.04. The lowest BCUT2D eigenvalue weighted by atomic mass is 9.74. The van der Waals surface area contributed by atoms with Gasteiger partial charge in [-0.25, -0.2) is 13.6 Å². The second-order valence-electron chi connectivity index (χ2n) is 10.7. The molecule has 1 heterocycles. The molecule has 36 heavy (non-hydrogen) atoms. The number of hydrogen-bond donors (Lipinski definition) is 3. The third-order valence-electron chi connectivity index (χ3n) is 8.05. The van der Waals surface area contributed by atoms with Gasteiger partial charge >= 0.3 is 6.03 Å². The van der Waals surface area contributed by atoms with Gasteiger partial charge in [0.1, 0.15) is 12.0 Å². The molecule has 3 rings (SSSR count). The molecular weight excluding hydrogens is 464 g/mol. The number of benzene rings is 1. The molecule has 2 fully saturated rings. The lowest BCUT2D eigenvalue weighted by Gasteiger charge is -2.43. The van der Waals surface area contributed by atoms with Crippen molar-refractivity contribution in [1.29, 1.82) is 0 Å². The minimum absolute atomic E-state index is 0.0384. The first-order valence-corrected chi connectivity index (χ1v) is 13.7. The average molecular weight is 510 g/mol. The van der Waals surface area contributed by atoms with Gasteiger partial charge in [0.15, 0.2) is 0 Å². The molecule has 0 aromatic heterocycles. The molecule has 2 aliphatic rings. The van der Waals surface area contributed by atoms with Gasteiger partial charge in [-0.3, -0.25) is 0 Å². The van der Waals surface area contributed by atoms with E-state index < -0.39 is 17.6 Å². The highest BCUT2D eigenvalue weighted by atomic mass is 19.1. The van der Waals surface area contributed by atoms with E-state index >= 15 is 0 Å². The maximum Gasteiger partial charge on any atom is 0.317 e. The number of alkyl halides is 1. The van der Waals surface area contributed by atoms with Gasteiger partial charge in [-0.1, -0.05) is 18.2 Å². The van der Waals surface area contributed by atoms with Crippen molar-refractivity contribution in [1.82, 2.24) is 15.5 Å². The topological polar surface area (TPSA) is 73.8 Å². The van der Waals surface area contributed by atoms with Gasteiger partial charge in [-0.05, 0) is 83.2 Å². The monoisotopic (exact) mass is 509 g/mol. The largest absolute Gasteiger partial charge is 0.385 e. The fourth-order valence-electron chi connectivity index (χ4n) is 6.03. The number of hydrogen-bond acceptors (Lipinski definition) is 4. The van der Waals surface area contributed by atoms with Crippen LogP contribution in [0.15, 0.2) is 24.3 Å². The molecule has 3 N–H and O–H groups in total. The van der Waals surface area contributed by atoms with Crippen molar-refractivity contribution in [3.8, 4) is 0 Å². The lowest BCUT2D eigenvalue weighted by molar-refractivity contribution is -0.0587. The molecule has 1 saturated heterocycles. The van der Waals surface area contributed by atoms with Crippen molar-refractivity contribution in [3.63, 3.8) is 0 Å². The number of aliphatic hydroxyl groups is 1. The van der Waals surface area contributed by atoms with E-state index in [2.05, 4.69) is 10.6 Å². The third kappa shape index (κ3) is 7.86. The SMILES string of the molecule is CNC[C@H](CC1CCC(F)CC1)NC(=O)N1CCC[C@@H]([C@@](O)(CCCCOC)c2ccccc2F)C1. The minimum Gasteiger partial charge on any atom is -0.385 e. The van der Waals surface area contributed by atoms with Crippen molar-refractivity contribution >= 4 is 6.03 Å². The predicted octanol–water partition coefficient (Wildman–Crippen LogP) is 4.76. The van der Waals surface area contributed by atoms with E-state index in [0.717, 1.165) is 38.5 Å². The Bertz CT molecular complexity index is 806. The van der Waals surface area contributed by atoms with Crippen LogP contribution in [0.5, 0.6) is 0 Å². The zero-order chi connectivity index (χ0) is 26.0. The maximum atomic E-state index is 14.9. The second kappa shape index (κ2) is 14.2. The number of unbranched alkanes of at least 4 members (excludes halogenated alkanes) is 1. The molecule has 6 nitrogen and oxygen atoms in total. The van der Waals surface area contributed by atoms with Crippen molar-refractivity contribution in [2.75, 3.05) is 40.4 Å². The summed E-state index contributed by atoms with van der Waals surface area (Å²) >= 11 is 0. The average Bonchev–Trinajstić information content (AvgIpc) is 2.88. The molecular formula is C28H45F2N3O3. The number of nitrogens with zero attached hydrogens (tertiary/aromatic N) is 1. The normalized spacial score (nSPS) is 25.2. The molecule has 0 unspecified atom stereocenters. The van der Waals surface area contributed by atoms with Crippen LogP contribution in [0.4, 0.5) is 13.6 Å². The molecule has 1 aliphatic heterocycles. The lowest BCUT2D eigenvalue weighted by Crippen LogP contribution is -2.54. The number of piperidine rings is 1. The summed E-state index contributed by atoms with van der Waals surface area (Å²) in [5.74, 6) is -0.257. The van der Waals surface area contributed by atoms with Crippen molar-refractivity contribution in [2.24, 2.45) is 11.8 Å². The van der Waals surface area contributed by atoms with E-state index in [1.165, 1.54) is 6.07 Å². The van der Waals surface area contributed by atoms with Gasteiger partial charge in [-0.15, -0.1) is 0 Å². The Morgan fingerprint density at radius 1 is 1.22 bits per heavy atom. The van der Waals surface area contributed by atoms with Crippen LogP contribution in [0.2, 0.25) is 0 Å². The fraction of sp³-hybridized carbons (Fsp3) is 0.750. The van der Waals surface area contributed by atoms with E-state index in [1.54, 1.807) is 30.2 Å². The fourth-order valence-corrected chi connectivity index (χ4v) is 6.03. The number of carbonyl (C=O) groups is 1. The van der Waals surface area contributed by atoms with Gasteiger partial charge in [0.2, 0.25) is 0 Å². The molecule has 0 spiro atoms. The highest BCUT2D eigenvalue weighted by Crippen LogP contribution is 2.41. The molecule has 1 aromatic carbocycles. The maximum absolute atomic E-state index is 14.9. The Morgan fingerprint density at radius 2 is 1.97 bits per heavy atom. The number of methoxy groups -OCH3 is 1. The van der Waals surface area contributed by atoms with Crippen LogP contribution in [0.3, 0.4) is 0 Å². The summed E-state index contributed by atoms with van der Waals surface area (Å²) in [7, 11) is 3.51. The Hall–Kier alpha value is -1.77. The summed E-state index contributed by atoms with van der Waals surface area (Å²) in [6.07, 6.45) is 6.46. The Balaban J connectivity index is 1.67. The van der Waals surface area contributed by atoms with Gasteiger partial charge in [-0.2, -0.15) is 0 Å². The molecule has 3 atom stereocenters. The van der Waals surface area contributed by atoms with Gasteiger partial charge in [0, 0.05) is 50.9 Å². The molecule has 1 saturated carbocycles. The molecule has 2 amide bonds. The van der Waals surface area contributed by atoms with E-state index in [9.17, 15) is 18.7 Å². The first kappa shape index (κ1) is 28.8. The number of rotatable bonds is 12. The molecule has 1 aromatic rings. The van der Waals surface area contributed by atoms with Crippen LogP contribution in [-0.2, 0) is 10.3 Å². The number of amides is 2. The van der Waals surface area contributed by atoms with Crippen LogP contribution < -0.4 is 10.6 Å². The van der Waals surface area contributed by atoms with E-state index in [0.29, 0.717) is 63.4 Å². The third-order valence-corrected chi connectivity index (χ3v) is 8.05. The first-order chi connectivity index (χ1) is 17.4. The summed E-state index contributed by atoms with van der Waals surface area (Å²) in [5, 5.41) is 18.3. The highest BCUT2D eigenvalue weighted by molar-refractivity contribution is 5.74. The summed E-state index contributed by atoms with van der Waals surface area (Å²) in [6.45, 7) is 2.22. The van der Waals surface area contributed by atoms with Crippen LogP contribution in [0.1, 0.15) is 69.8 Å². The van der Waals surface area contributed by atoms with Crippen LogP contribution in [-0.4, -0.2) is 68.6 Å². The van der Waals surface area contributed by atoms with Gasteiger partial charge in [0.25, 0.3) is 0 Å². The number of likely N-dealkylation sites (tertiary alicyclic amines) is 1. The first-order valence-electron chi connectivity index (χ1n) is 13.7. The quantitative estimate of drug-likeness (QED) is 0.355. The van der Waals surface area contributed by atoms with Gasteiger partial charge < -0.3 is 25.4 Å². The van der Waals surface area contributed by atoms with E-state index in [4.69, 9.17) is 4.74 Å². The highest BCUT2D eigenvalue weighted by Gasteiger charge is 2.42. The van der Waals surface area contributed by atoms with Crippen molar-refractivity contribution < 1.29 is 23.4 Å². The Labute approximate surface area is 215 Å². The van der Waals surface area contributed by atoms with E-state index in [1.807, 2.05) is 7.05 Å². The number of halogens is 2. The van der Waals surface area contributed by atoms with Crippen molar-refractivity contribution in [2.45, 2.75) is 82.0 Å². The summed E-state index contributed by atoms with van der Waals surface area (Å²) in [6, 6.07) is 6.26. The summed E-state index contributed by atoms with van der Waals surface area (Å²) < 4.78 is 33.6. The molecule has 0 bridgehead atoms. The number of ether oxygens (including phenoxy) is 1. The predicted molar refractivity (Wildman–Crippen MR) is 138 cm³/mol. The zero-order valence-electron chi connectivity index (χ0n) is 22.0. The zero-order valence-corrected chi connectivity index (χ0v) is 22.0. The van der Waals surface area contributed by atoms with Crippen LogP contribution in [0, 0.1) is 17.7 Å². The van der Waals surface area contributed by atoms with Crippen LogP contribution >= 0.6 is 0 Å². The number of likely N-dealkylation sites (N-methyl/N-ethyl adjacent to an activating group) is 1. The smallest absolute Gasteiger partial charge is 0.317 e. The number of nitrogens with one attached hydrogen (secondary N) is 2. The summed E-state index contributed by atoms with van der Waals surface area (Å²) in [4.78, 5) is 15.1. The molecule has 8 heteroatoms. The molecule has 1 aliphatic carbocycles. The Kier molecular flexibility index (Phi) is 11.4. The minimum atomic E-state index is -1.35. The van der Waals surface area contributed by atoms with Crippen LogP contribution in [0.25, 0.3) is 0 Å². The van der Waals surface area contributed by atoms with Crippen molar-refractivity contribution in [3.05, 3.63) is 35.6 Å². The number of urea groups is 1. The molecule has 0 radical (unpaired) electrons. The standard InChI is InChI=1S/C28H45F2N3O3/c1-31-19-24(18-21-11-13-23(29)14-12-21)32-27(34)33-16-7-8-22(20-33)28(35,15-5-6-17-36-2)25-9-3-4-10-26(25)30/h3-4,9-10,21-24,31,35H,5-8,11-20H2,1-2H3,(H,32,34)/t21?,22-,23?,24+,28+/m1/s1. The van der Waals surface area contributed by atoms with Gasteiger partial charge in [0.05, 0.1) is 5.60 Å². The second-order valence-corrected chi connectivity index (χ2v) is 10.7. The molecule has 204 valence electrons.